The Morgan fingerprint density at radius 2 is 1.84 bits per heavy atom. The third-order valence-corrected chi connectivity index (χ3v) is 5.44. The van der Waals surface area contributed by atoms with Gasteiger partial charge in [-0.25, -0.2) is 5.43 Å². The highest BCUT2D eigenvalue weighted by molar-refractivity contribution is 7.99. The molecule has 0 aliphatic rings. The summed E-state index contributed by atoms with van der Waals surface area (Å²) in [6, 6.07) is 22.0. The number of hydrazone groups is 1. The lowest BCUT2D eigenvalue weighted by atomic mass is 10.2. The van der Waals surface area contributed by atoms with E-state index in [0.29, 0.717) is 12.4 Å². The van der Waals surface area contributed by atoms with E-state index in [4.69, 9.17) is 4.74 Å². The van der Waals surface area contributed by atoms with Gasteiger partial charge in [0, 0.05) is 17.9 Å². The van der Waals surface area contributed by atoms with Gasteiger partial charge in [0.15, 0.2) is 0 Å². The standard InChI is InChI=1S/C24H23N3O4S/c1-18-5-7-20(8-6-18)15-31-23-11-9-19(10-12-23)14-25-26-24(28)17-32-16-21-3-2-4-22(13-21)27(29)30/h2-14H,15-17H2,1H3,(H,26,28)/b25-14-. The predicted molar refractivity (Wildman–Crippen MR) is 127 cm³/mol. The van der Waals surface area contributed by atoms with E-state index in [0.717, 1.165) is 22.4 Å². The lowest BCUT2D eigenvalue weighted by Crippen LogP contribution is -2.19. The van der Waals surface area contributed by atoms with Gasteiger partial charge in [0.25, 0.3) is 5.69 Å². The van der Waals surface area contributed by atoms with E-state index in [9.17, 15) is 14.9 Å². The summed E-state index contributed by atoms with van der Waals surface area (Å²) >= 11 is 1.36. The smallest absolute Gasteiger partial charge is 0.269 e. The van der Waals surface area contributed by atoms with Gasteiger partial charge in [-0.15, -0.1) is 11.8 Å². The van der Waals surface area contributed by atoms with Crippen molar-refractivity contribution in [1.82, 2.24) is 5.43 Å². The molecule has 7 nitrogen and oxygen atoms in total. The van der Waals surface area contributed by atoms with Crippen molar-refractivity contribution >= 4 is 29.6 Å². The molecule has 164 valence electrons. The Labute approximate surface area is 190 Å². The summed E-state index contributed by atoms with van der Waals surface area (Å²) in [5, 5.41) is 14.8. The number of hydrogen-bond donors (Lipinski definition) is 1. The summed E-state index contributed by atoms with van der Waals surface area (Å²) in [5.41, 5.74) is 6.47. The minimum Gasteiger partial charge on any atom is -0.489 e. The number of benzene rings is 3. The van der Waals surface area contributed by atoms with Crippen LogP contribution in [0.4, 0.5) is 5.69 Å². The molecule has 3 aromatic rings. The van der Waals surface area contributed by atoms with Crippen LogP contribution in [-0.2, 0) is 17.2 Å². The Hall–Kier alpha value is -3.65. The summed E-state index contributed by atoms with van der Waals surface area (Å²) in [6.45, 7) is 2.55. The topological polar surface area (TPSA) is 93.8 Å². The number of thioether (sulfide) groups is 1. The number of nitrogens with one attached hydrogen (secondary N) is 1. The van der Waals surface area contributed by atoms with E-state index in [2.05, 4.69) is 22.7 Å². The molecule has 0 aromatic heterocycles. The minimum absolute atomic E-state index is 0.0451. The number of hydrogen-bond acceptors (Lipinski definition) is 6. The van der Waals surface area contributed by atoms with Crippen LogP contribution in [0.5, 0.6) is 5.75 Å². The lowest BCUT2D eigenvalue weighted by Gasteiger charge is -2.07. The van der Waals surface area contributed by atoms with Gasteiger partial charge in [-0.3, -0.25) is 14.9 Å². The van der Waals surface area contributed by atoms with Crippen molar-refractivity contribution < 1.29 is 14.5 Å². The highest BCUT2D eigenvalue weighted by Gasteiger charge is 2.06. The molecule has 0 saturated heterocycles. The Morgan fingerprint density at radius 3 is 2.56 bits per heavy atom. The molecule has 0 heterocycles. The van der Waals surface area contributed by atoms with Crippen molar-refractivity contribution in [2.45, 2.75) is 19.3 Å². The molecule has 0 radical (unpaired) electrons. The summed E-state index contributed by atoms with van der Waals surface area (Å²) in [7, 11) is 0. The van der Waals surface area contributed by atoms with Crippen LogP contribution < -0.4 is 10.2 Å². The second kappa shape index (κ2) is 11.7. The van der Waals surface area contributed by atoms with Crippen LogP contribution in [0.1, 0.15) is 22.3 Å². The van der Waals surface area contributed by atoms with E-state index in [1.54, 1.807) is 18.3 Å². The molecule has 8 heteroatoms. The quantitative estimate of drug-likeness (QED) is 0.271. The zero-order chi connectivity index (χ0) is 22.8. The molecule has 0 spiro atoms. The van der Waals surface area contributed by atoms with Gasteiger partial charge in [0.1, 0.15) is 12.4 Å². The summed E-state index contributed by atoms with van der Waals surface area (Å²) in [5.74, 6) is 1.22. The van der Waals surface area contributed by atoms with Gasteiger partial charge in [-0.05, 0) is 47.9 Å². The Kier molecular flexibility index (Phi) is 8.39. The van der Waals surface area contributed by atoms with Gasteiger partial charge in [-0.1, -0.05) is 42.0 Å². The number of nitrogens with zero attached hydrogens (tertiary/aromatic N) is 2. The Morgan fingerprint density at radius 1 is 1.09 bits per heavy atom. The van der Waals surface area contributed by atoms with E-state index >= 15 is 0 Å². The van der Waals surface area contributed by atoms with Gasteiger partial charge >= 0.3 is 0 Å². The van der Waals surface area contributed by atoms with Crippen LogP contribution in [0.25, 0.3) is 0 Å². The second-order valence-electron chi connectivity index (χ2n) is 7.06. The zero-order valence-electron chi connectivity index (χ0n) is 17.6. The summed E-state index contributed by atoms with van der Waals surface area (Å²) in [6.07, 6.45) is 1.56. The molecule has 0 saturated carbocycles. The van der Waals surface area contributed by atoms with E-state index in [-0.39, 0.29) is 17.3 Å². The van der Waals surface area contributed by atoms with Crippen molar-refractivity contribution in [2.24, 2.45) is 5.10 Å². The number of rotatable bonds is 10. The van der Waals surface area contributed by atoms with Crippen LogP contribution in [0.2, 0.25) is 0 Å². The molecule has 1 amide bonds. The highest BCUT2D eigenvalue weighted by Crippen LogP contribution is 2.18. The van der Waals surface area contributed by atoms with Crippen molar-refractivity contribution in [3.05, 3.63) is 105 Å². The van der Waals surface area contributed by atoms with Crippen molar-refractivity contribution in [3.8, 4) is 5.75 Å². The molecule has 0 bridgehead atoms. The molecule has 3 rings (SSSR count). The number of nitro benzene ring substituents is 1. The number of aryl methyl sites for hydroxylation is 1. The second-order valence-corrected chi connectivity index (χ2v) is 8.04. The zero-order valence-corrected chi connectivity index (χ0v) is 18.4. The van der Waals surface area contributed by atoms with E-state index in [1.807, 2.05) is 43.3 Å². The number of non-ortho nitro benzene ring substituents is 1. The van der Waals surface area contributed by atoms with Crippen LogP contribution in [0, 0.1) is 17.0 Å². The normalized spacial score (nSPS) is 10.8. The maximum absolute atomic E-state index is 11.9. The van der Waals surface area contributed by atoms with Crippen molar-refractivity contribution in [3.63, 3.8) is 0 Å². The third kappa shape index (κ3) is 7.55. The summed E-state index contributed by atoms with van der Waals surface area (Å²) in [4.78, 5) is 22.3. The number of carbonyl (C=O) groups excluding carboxylic acids is 1. The predicted octanol–water partition coefficient (Wildman–Crippen LogP) is 4.87. The van der Waals surface area contributed by atoms with Crippen molar-refractivity contribution in [1.29, 1.82) is 0 Å². The maximum Gasteiger partial charge on any atom is 0.269 e. The van der Waals surface area contributed by atoms with Gasteiger partial charge in [0.2, 0.25) is 5.91 Å². The first-order chi connectivity index (χ1) is 15.5. The minimum atomic E-state index is -0.432. The highest BCUT2D eigenvalue weighted by atomic mass is 32.2. The molecule has 0 unspecified atom stereocenters. The number of ether oxygens (including phenoxy) is 1. The molecule has 0 aliphatic carbocycles. The molecule has 0 atom stereocenters. The van der Waals surface area contributed by atoms with Gasteiger partial charge < -0.3 is 4.74 Å². The van der Waals surface area contributed by atoms with Crippen LogP contribution in [0.15, 0.2) is 77.9 Å². The fourth-order valence-electron chi connectivity index (χ4n) is 2.73. The monoisotopic (exact) mass is 449 g/mol. The van der Waals surface area contributed by atoms with Gasteiger partial charge in [0.05, 0.1) is 16.9 Å². The fourth-order valence-corrected chi connectivity index (χ4v) is 3.50. The Bertz CT molecular complexity index is 1080. The van der Waals surface area contributed by atoms with E-state index in [1.165, 1.54) is 29.5 Å². The molecular formula is C24H23N3O4S. The average Bonchev–Trinajstić information content (AvgIpc) is 2.80. The molecule has 1 N–H and O–H groups in total. The largest absolute Gasteiger partial charge is 0.489 e. The number of amides is 1. The van der Waals surface area contributed by atoms with Crippen LogP contribution >= 0.6 is 11.8 Å². The lowest BCUT2D eigenvalue weighted by molar-refractivity contribution is -0.384. The molecule has 0 fully saturated rings. The molecule has 32 heavy (non-hydrogen) atoms. The Balaban J connectivity index is 1.38. The van der Waals surface area contributed by atoms with Crippen LogP contribution in [0.3, 0.4) is 0 Å². The number of nitro groups is 1. The fraction of sp³-hybridized carbons (Fsp3) is 0.167. The van der Waals surface area contributed by atoms with E-state index < -0.39 is 4.92 Å². The van der Waals surface area contributed by atoms with Crippen LogP contribution in [-0.4, -0.2) is 22.8 Å². The molecular weight excluding hydrogens is 426 g/mol. The van der Waals surface area contributed by atoms with Gasteiger partial charge in [-0.2, -0.15) is 5.10 Å². The first-order valence-corrected chi connectivity index (χ1v) is 11.1. The van der Waals surface area contributed by atoms with Crippen molar-refractivity contribution in [2.75, 3.05) is 5.75 Å². The number of carbonyl (C=O) groups is 1. The SMILES string of the molecule is Cc1ccc(COc2ccc(/C=N\NC(=O)CSCc3cccc([N+](=O)[O-])c3)cc2)cc1. The summed E-state index contributed by atoms with van der Waals surface area (Å²) < 4.78 is 5.78. The first kappa shape index (κ1) is 23.0. The molecule has 3 aromatic carbocycles. The maximum atomic E-state index is 11.9. The molecule has 0 aliphatic heterocycles. The third-order valence-electron chi connectivity index (χ3n) is 4.43. The average molecular weight is 450 g/mol. The first-order valence-electron chi connectivity index (χ1n) is 9.91.